The van der Waals surface area contributed by atoms with Crippen LogP contribution < -0.4 is 5.14 Å². The number of thiocarbonyl (C=S) groups is 1. The van der Waals surface area contributed by atoms with E-state index in [0.29, 0.717) is 18.9 Å². The standard InChI is InChI=1S/C18H32N6O2S2/c1-23(14-6-3-2-4-7-14)18(27)9-5-8-17-20-21-22-24(17)15-10-12-16(13-11-15)28(19,25)26/h14-16H,2-13H2,1H3,(H2,19,25,26). The smallest absolute Gasteiger partial charge is 0.211 e. The molecule has 0 bridgehead atoms. The summed E-state index contributed by atoms with van der Waals surface area (Å²) in [6, 6.07) is 0.750. The van der Waals surface area contributed by atoms with Crippen molar-refractivity contribution in [2.24, 2.45) is 5.14 Å². The molecular weight excluding hydrogens is 396 g/mol. The van der Waals surface area contributed by atoms with E-state index < -0.39 is 15.3 Å². The molecule has 1 aromatic rings. The predicted octanol–water partition coefficient (Wildman–Crippen LogP) is 2.36. The van der Waals surface area contributed by atoms with Crippen molar-refractivity contribution in [2.45, 2.75) is 94.4 Å². The van der Waals surface area contributed by atoms with Gasteiger partial charge in [0.05, 0.1) is 16.3 Å². The number of nitrogens with two attached hydrogens (primary N) is 1. The molecule has 3 rings (SSSR count). The lowest BCUT2D eigenvalue weighted by molar-refractivity contribution is 0.278. The number of rotatable bonds is 7. The molecule has 2 fully saturated rings. The van der Waals surface area contributed by atoms with E-state index >= 15 is 0 Å². The monoisotopic (exact) mass is 428 g/mol. The third-order valence-electron chi connectivity index (χ3n) is 6.32. The van der Waals surface area contributed by atoms with Crippen LogP contribution in [0.1, 0.15) is 82.5 Å². The molecule has 0 amide bonds. The van der Waals surface area contributed by atoms with Gasteiger partial charge in [0.2, 0.25) is 10.0 Å². The molecule has 0 atom stereocenters. The van der Waals surface area contributed by atoms with Crippen LogP contribution in [0.15, 0.2) is 0 Å². The molecule has 1 aromatic heterocycles. The van der Waals surface area contributed by atoms with Gasteiger partial charge in [0.15, 0.2) is 5.82 Å². The minimum absolute atomic E-state index is 0.153. The van der Waals surface area contributed by atoms with Gasteiger partial charge in [-0.2, -0.15) is 0 Å². The minimum Gasteiger partial charge on any atom is -0.366 e. The molecule has 2 aliphatic carbocycles. The number of tetrazole rings is 1. The van der Waals surface area contributed by atoms with E-state index in [1.165, 1.54) is 32.1 Å². The minimum atomic E-state index is -3.45. The summed E-state index contributed by atoms with van der Waals surface area (Å²) in [4.78, 5) is 3.33. The quantitative estimate of drug-likeness (QED) is 0.664. The van der Waals surface area contributed by atoms with Gasteiger partial charge in [-0.25, -0.2) is 18.2 Å². The first-order valence-corrected chi connectivity index (χ1v) is 12.4. The van der Waals surface area contributed by atoms with Crippen LogP contribution in [0.3, 0.4) is 0 Å². The van der Waals surface area contributed by atoms with Crippen LogP contribution in [0.4, 0.5) is 0 Å². The molecule has 2 saturated carbocycles. The Morgan fingerprint density at radius 3 is 2.50 bits per heavy atom. The molecule has 8 nitrogen and oxygen atoms in total. The first-order chi connectivity index (χ1) is 13.4. The summed E-state index contributed by atoms with van der Waals surface area (Å²) in [6.45, 7) is 0. The van der Waals surface area contributed by atoms with E-state index in [1.807, 2.05) is 4.68 Å². The van der Waals surface area contributed by atoms with Crippen molar-refractivity contribution in [3.63, 3.8) is 0 Å². The molecular formula is C18H32N6O2S2. The molecule has 2 N–H and O–H groups in total. The van der Waals surface area contributed by atoms with E-state index in [0.717, 1.165) is 42.9 Å². The van der Waals surface area contributed by atoms with Gasteiger partial charge in [0.1, 0.15) is 0 Å². The van der Waals surface area contributed by atoms with E-state index in [-0.39, 0.29) is 6.04 Å². The number of sulfonamides is 1. The van der Waals surface area contributed by atoms with Crippen LogP contribution in [0, 0.1) is 0 Å². The van der Waals surface area contributed by atoms with Crippen LogP contribution in [-0.4, -0.2) is 56.9 Å². The van der Waals surface area contributed by atoms with Crippen molar-refractivity contribution in [3.05, 3.63) is 5.82 Å². The molecule has 158 valence electrons. The van der Waals surface area contributed by atoms with Gasteiger partial charge >= 0.3 is 0 Å². The summed E-state index contributed by atoms with van der Waals surface area (Å²) in [5.41, 5.74) is 0. The van der Waals surface area contributed by atoms with Crippen LogP contribution in [-0.2, 0) is 16.4 Å². The SMILES string of the molecule is CN(C(=S)CCCc1nnnn1C1CCC(S(N)(=O)=O)CC1)C1CCCCC1. The van der Waals surface area contributed by atoms with Gasteiger partial charge < -0.3 is 4.90 Å². The Labute approximate surface area is 173 Å². The molecule has 2 aliphatic rings. The number of hydrogen-bond acceptors (Lipinski definition) is 6. The lowest BCUT2D eigenvalue weighted by Crippen LogP contribution is -2.37. The normalized spacial score (nSPS) is 24.2. The average molecular weight is 429 g/mol. The van der Waals surface area contributed by atoms with E-state index in [4.69, 9.17) is 17.4 Å². The molecule has 28 heavy (non-hydrogen) atoms. The van der Waals surface area contributed by atoms with E-state index in [1.54, 1.807) is 0 Å². The van der Waals surface area contributed by atoms with Crippen molar-refractivity contribution in [1.29, 1.82) is 0 Å². The van der Waals surface area contributed by atoms with Gasteiger partial charge in [-0.15, -0.1) is 5.10 Å². The third kappa shape index (κ3) is 5.48. The van der Waals surface area contributed by atoms with Gasteiger partial charge in [-0.1, -0.05) is 31.5 Å². The van der Waals surface area contributed by atoms with Crippen molar-refractivity contribution in [3.8, 4) is 0 Å². The highest BCUT2D eigenvalue weighted by molar-refractivity contribution is 7.89. The Hall–Kier alpha value is -1.13. The second-order valence-electron chi connectivity index (χ2n) is 8.21. The average Bonchev–Trinajstić information content (AvgIpc) is 3.16. The lowest BCUT2D eigenvalue weighted by Gasteiger charge is -2.33. The Balaban J connectivity index is 1.47. The first kappa shape index (κ1) is 21.6. The van der Waals surface area contributed by atoms with Crippen LogP contribution >= 0.6 is 12.2 Å². The molecule has 0 aliphatic heterocycles. The maximum absolute atomic E-state index is 11.5. The van der Waals surface area contributed by atoms with Gasteiger partial charge in [-0.3, -0.25) is 0 Å². The Morgan fingerprint density at radius 1 is 1.18 bits per heavy atom. The van der Waals surface area contributed by atoms with Gasteiger partial charge in [0, 0.05) is 19.5 Å². The molecule has 10 heteroatoms. The topological polar surface area (TPSA) is 107 Å². The van der Waals surface area contributed by atoms with E-state index in [9.17, 15) is 8.42 Å². The Morgan fingerprint density at radius 2 is 1.86 bits per heavy atom. The largest absolute Gasteiger partial charge is 0.366 e. The van der Waals surface area contributed by atoms with Crippen molar-refractivity contribution in [1.82, 2.24) is 25.1 Å². The summed E-state index contributed by atoms with van der Waals surface area (Å²) in [7, 11) is -1.32. The highest BCUT2D eigenvalue weighted by Gasteiger charge is 2.30. The second kappa shape index (κ2) is 9.58. The molecule has 1 heterocycles. The highest BCUT2D eigenvalue weighted by atomic mass is 32.2. The zero-order valence-corrected chi connectivity index (χ0v) is 18.3. The first-order valence-electron chi connectivity index (χ1n) is 10.4. The summed E-state index contributed by atoms with van der Waals surface area (Å²) in [6.07, 6.45) is 11.6. The number of hydrogen-bond donors (Lipinski definition) is 1. The van der Waals surface area contributed by atoms with E-state index in [2.05, 4.69) is 27.5 Å². The van der Waals surface area contributed by atoms with Crippen molar-refractivity contribution in [2.75, 3.05) is 7.05 Å². The lowest BCUT2D eigenvalue weighted by atomic mass is 9.94. The molecule has 0 unspecified atom stereocenters. The number of nitrogens with zero attached hydrogens (tertiary/aromatic N) is 5. The van der Waals surface area contributed by atoms with Crippen LogP contribution in [0.5, 0.6) is 0 Å². The third-order valence-corrected chi connectivity index (χ3v) is 8.21. The van der Waals surface area contributed by atoms with Gasteiger partial charge in [0.25, 0.3) is 0 Å². The number of primary sulfonamides is 1. The molecule has 0 saturated heterocycles. The maximum atomic E-state index is 11.5. The number of aryl methyl sites for hydroxylation is 1. The maximum Gasteiger partial charge on any atom is 0.211 e. The second-order valence-corrected chi connectivity index (χ2v) is 10.5. The van der Waals surface area contributed by atoms with Crippen LogP contribution in [0.2, 0.25) is 0 Å². The summed E-state index contributed by atoms with van der Waals surface area (Å²) in [5, 5.41) is 17.1. The fourth-order valence-corrected chi connectivity index (χ4v) is 5.75. The molecule has 0 aromatic carbocycles. The fourth-order valence-electron chi connectivity index (χ4n) is 4.52. The predicted molar refractivity (Wildman–Crippen MR) is 112 cm³/mol. The summed E-state index contributed by atoms with van der Waals surface area (Å²) in [5.74, 6) is 0.863. The van der Waals surface area contributed by atoms with Crippen molar-refractivity contribution < 1.29 is 8.42 Å². The zero-order valence-electron chi connectivity index (χ0n) is 16.7. The molecule has 0 spiro atoms. The summed E-state index contributed by atoms with van der Waals surface area (Å²) >= 11 is 5.66. The van der Waals surface area contributed by atoms with Crippen molar-refractivity contribution >= 4 is 27.2 Å². The Bertz CT molecular complexity index is 752. The Kier molecular flexibility index (Phi) is 7.38. The van der Waals surface area contributed by atoms with Crippen LogP contribution in [0.25, 0.3) is 0 Å². The number of aromatic nitrogens is 4. The zero-order chi connectivity index (χ0) is 20.1. The van der Waals surface area contributed by atoms with Gasteiger partial charge in [-0.05, 0) is 61.8 Å². The summed E-state index contributed by atoms with van der Waals surface area (Å²) < 4.78 is 25.0. The molecule has 0 radical (unpaired) electrons. The highest BCUT2D eigenvalue weighted by Crippen LogP contribution is 2.31. The fraction of sp³-hybridized carbons (Fsp3) is 0.889.